The van der Waals surface area contributed by atoms with Crippen molar-refractivity contribution in [2.24, 2.45) is 0 Å². The Kier molecular flexibility index (Phi) is 3.06. The first-order valence-electron chi connectivity index (χ1n) is 8.26. The van der Waals surface area contributed by atoms with Gasteiger partial charge in [-0.15, -0.1) is 0 Å². The fourth-order valence-electron chi connectivity index (χ4n) is 5.30. The van der Waals surface area contributed by atoms with Crippen LogP contribution in [0.4, 0.5) is 0 Å². The number of hydrogen-bond donors (Lipinski definition) is 2. The van der Waals surface area contributed by atoms with Gasteiger partial charge in [-0.3, -0.25) is 4.79 Å². The van der Waals surface area contributed by atoms with Crippen molar-refractivity contribution in [3.05, 3.63) is 23.3 Å². The summed E-state index contributed by atoms with van der Waals surface area (Å²) in [6.45, 7) is 0.832. The number of methoxy groups -OCH3 is 1. The lowest BCUT2D eigenvalue weighted by atomic mass is 9.49. The lowest BCUT2D eigenvalue weighted by Gasteiger charge is -2.62. The third kappa shape index (κ3) is 1.72. The highest BCUT2D eigenvalue weighted by Gasteiger charge is 2.65. The molecular weight excluding hydrogens is 294 g/mol. The molecule has 3 aliphatic rings. The second-order valence-electron chi connectivity index (χ2n) is 7.32. The number of likely N-dealkylation sites (N-methyl/N-ethyl adjacent to an activating group) is 1. The van der Waals surface area contributed by atoms with Crippen molar-refractivity contribution < 1.29 is 19.7 Å². The number of ether oxygens (including phenoxy) is 1. The fraction of sp³-hybridized carbons (Fsp3) is 0.611. The molecule has 2 aliphatic carbocycles. The van der Waals surface area contributed by atoms with Gasteiger partial charge < -0.3 is 19.8 Å². The summed E-state index contributed by atoms with van der Waals surface area (Å²) in [7, 11) is 3.59. The van der Waals surface area contributed by atoms with E-state index in [1.165, 1.54) is 7.11 Å². The molecule has 2 N–H and O–H groups in total. The molecule has 2 fully saturated rings. The van der Waals surface area contributed by atoms with Crippen LogP contribution in [0.25, 0.3) is 0 Å². The lowest BCUT2D eigenvalue weighted by molar-refractivity contribution is -0.169. The number of phenols is 1. The number of carbonyl (C=O) groups excluding carboxylic acids is 1. The van der Waals surface area contributed by atoms with Crippen molar-refractivity contribution in [3.8, 4) is 11.5 Å². The highest BCUT2D eigenvalue weighted by Crippen LogP contribution is 2.60. The van der Waals surface area contributed by atoms with E-state index in [2.05, 4.69) is 4.90 Å². The highest BCUT2D eigenvalue weighted by atomic mass is 16.5. The van der Waals surface area contributed by atoms with Gasteiger partial charge in [-0.25, -0.2) is 0 Å². The Bertz CT molecular complexity index is 688. The molecule has 5 nitrogen and oxygen atoms in total. The second-order valence-corrected chi connectivity index (χ2v) is 7.32. The summed E-state index contributed by atoms with van der Waals surface area (Å²) < 4.78 is 5.50. The van der Waals surface area contributed by atoms with Gasteiger partial charge in [0, 0.05) is 29.9 Å². The Labute approximate surface area is 135 Å². The van der Waals surface area contributed by atoms with Crippen LogP contribution < -0.4 is 4.74 Å². The molecule has 1 saturated heterocycles. The topological polar surface area (TPSA) is 70.0 Å². The van der Waals surface area contributed by atoms with Gasteiger partial charge in [-0.2, -0.15) is 0 Å². The summed E-state index contributed by atoms with van der Waals surface area (Å²) in [6, 6.07) is 3.57. The predicted molar refractivity (Wildman–Crippen MR) is 84.9 cm³/mol. The highest BCUT2D eigenvalue weighted by molar-refractivity contribution is 5.83. The molecule has 1 aliphatic heterocycles. The molecule has 23 heavy (non-hydrogen) atoms. The number of ketones is 1. The van der Waals surface area contributed by atoms with E-state index >= 15 is 0 Å². The minimum Gasteiger partial charge on any atom is -0.504 e. The number of likely N-dealkylation sites (tertiary alicyclic amines) is 1. The van der Waals surface area contributed by atoms with Crippen LogP contribution in [0.1, 0.15) is 36.8 Å². The SMILES string of the molecule is COc1c(O)ccc2c1[C@]13CCN(C)[C@H](C2)[C@]1(O)CCC(=O)C3. The zero-order chi connectivity index (χ0) is 16.4. The first-order chi connectivity index (χ1) is 10.9. The molecule has 0 aromatic heterocycles. The Balaban J connectivity index is 2.03. The molecule has 1 saturated carbocycles. The van der Waals surface area contributed by atoms with Crippen LogP contribution in [-0.4, -0.2) is 53.2 Å². The second kappa shape index (κ2) is 4.71. The Morgan fingerprint density at radius 1 is 1.35 bits per heavy atom. The summed E-state index contributed by atoms with van der Waals surface area (Å²) in [6.07, 6.45) is 2.67. The van der Waals surface area contributed by atoms with Gasteiger partial charge in [0.05, 0.1) is 12.7 Å². The molecule has 4 rings (SSSR count). The van der Waals surface area contributed by atoms with Crippen LogP contribution in [0, 0.1) is 0 Å². The van der Waals surface area contributed by atoms with Gasteiger partial charge in [0.25, 0.3) is 0 Å². The molecule has 1 aromatic rings. The fourth-order valence-corrected chi connectivity index (χ4v) is 5.30. The largest absolute Gasteiger partial charge is 0.504 e. The Morgan fingerprint density at radius 3 is 2.87 bits per heavy atom. The molecule has 2 bridgehead atoms. The average Bonchev–Trinajstić information content (AvgIpc) is 2.52. The molecular formula is C18H23NO4. The zero-order valence-electron chi connectivity index (χ0n) is 13.6. The number of fused-ring (bicyclic) bond motifs is 1. The van der Waals surface area contributed by atoms with Crippen LogP contribution in [0.5, 0.6) is 11.5 Å². The van der Waals surface area contributed by atoms with Gasteiger partial charge in [0.15, 0.2) is 11.5 Å². The van der Waals surface area contributed by atoms with E-state index in [1.807, 2.05) is 13.1 Å². The molecule has 0 unspecified atom stereocenters. The van der Waals surface area contributed by atoms with Crippen LogP contribution in [-0.2, 0) is 16.6 Å². The molecule has 1 heterocycles. The average molecular weight is 317 g/mol. The molecule has 3 atom stereocenters. The number of nitrogens with zero attached hydrogens (tertiary/aromatic N) is 1. The first kappa shape index (κ1) is 15.0. The number of aromatic hydroxyl groups is 1. The third-order valence-corrected chi connectivity index (χ3v) is 6.41. The molecule has 0 amide bonds. The number of aliphatic hydroxyl groups is 1. The number of carbonyl (C=O) groups is 1. The maximum absolute atomic E-state index is 12.3. The standard InChI is InChI=1S/C18H23NO4/c1-19-8-7-17-10-12(20)5-6-18(17,22)14(19)9-11-3-4-13(21)16(23-2)15(11)17/h3-4,14,21-22H,5-10H2,1-2H3/t14-,17-,18-/m1/s1. The Morgan fingerprint density at radius 2 is 2.13 bits per heavy atom. The van der Waals surface area contributed by atoms with Gasteiger partial charge in [-0.1, -0.05) is 6.07 Å². The van der Waals surface area contributed by atoms with E-state index in [-0.39, 0.29) is 17.6 Å². The van der Waals surface area contributed by atoms with Gasteiger partial charge >= 0.3 is 0 Å². The zero-order valence-corrected chi connectivity index (χ0v) is 13.6. The number of piperidine rings is 1. The van der Waals surface area contributed by atoms with Crippen molar-refractivity contribution in [1.82, 2.24) is 4.90 Å². The number of phenolic OH excluding ortho intramolecular Hbond substituents is 1. The van der Waals surface area contributed by atoms with Crippen molar-refractivity contribution in [2.45, 2.75) is 49.2 Å². The number of Topliss-reactive ketones (excluding diaryl/α,β-unsaturated/α-hetero) is 1. The summed E-state index contributed by atoms with van der Waals surface area (Å²) >= 11 is 0. The predicted octanol–water partition coefficient (Wildman–Crippen LogP) is 1.38. The van der Waals surface area contributed by atoms with E-state index < -0.39 is 11.0 Å². The number of rotatable bonds is 1. The summed E-state index contributed by atoms with van der Waals surface area (Å²) in [5.74, 6) is 0.702. The molecule has 124 valence electrons. The molecule has 0 radical (unpaired) electrons. The third-order valence-electron chi connectivity index (χ3n) is 6.41. The normalized spacial score (nSPS) is 36.3. The number of benzene rings is 1. The van der Waals surface area contributed by atoms with Crippen molar-refractivity contribution in [2.75, 3.05) is 20.7 Å². The molecule has 5 heteroatoms. The molecule has 0 spiro atoms. The smallest absolute Gasteiger partial charge is 0.164 e. The van der Waals surface area contributed by atoms with Crippen molar-refractivity contribution in [1.29, 1.82) is 0 Å². The maximum atomic E-state index is 12.3. The molecule has 1 aromatic carbocycles. The number of hydrogen-bond acceptors (Lipinski definition) is 5. The minimum atomic E-state index is -0.942. The lowest BCUT2D eigenvalue weighted by Crippen LogP contribution is -2.72. The van der Waals surface area contributed by atoms with E-state index in [0.717, 1.165) is 24.1 Å². The van der Waals surface area contributed by atoms with Crippen LogP contribution >= 0.6 is 0 Å². The first-order valence-corrected chi connectivity index (χ1v) is 8.26. The van der Waals surface area contributed by atoms with Crippen LogP contribution in [0.3, 0.4) is 0 Å². The van der Waals surface area contributed by atoms with Gasteiger partial charge in [0.1, 0.15) is 5.78 Å². The Hall–Kier alpha value is -1.59. The summed E-state index contributed by atoms with van der Waals surface area (Å²) in [5.41, 5.74) is 0.356. The van der Waals surface area contributed by atoms with Gasteiger partial charge in [0.2, 0.25) is 0 Å². The summed E-state index contributed by atoms with van der Waals surface area (Å²) in [4.78, 5) is 14.5. The van der Waals surface area contributed by atoms with Crippen LogP contribution in [0.2, 0.25) is 0 Å². The van der Waals surface area contributed by atoms with E-state index in [4.69, 9.17) is 4.74 Å². The van der Waals surface area contributed by atoms with Crippen molar-refractivity contribution in [3.63, 3.8) is 0 Å². The summed E-state index contributed by atoms with van der Waals surface area (Å²) in [5, 5.41) is 21.9. The maximum Gasteiger partial charge on any atom is 0.164 e. The van der Waals surface area contributed by atoms with E-state index in [1.54, 1.807) is 6.07 Å². The quantitative estimate of drug-likeness (QED) is 0.819. The monoisotopic (exact) mass is 317 g/mol. The van der Waals surface area contributed by atoms with E-state index in [0.29, 0.717) is 31.4 Å². The minimum absolute atomic E-state index is 0.00565. The van der Waals surface area contributed by atoms with Crippen LogP contribution in [0.15, 0.2) is 12.1 Å². The van der Waals surface area contributed by atoms with Gasteiger partial charge in [-0.05, 0) is 44.5 Å². The van der Waals surface area contributed by atoms with Crippen molar-refractivity contribution >= 4 is 5.78 Å². The van der Waals surface area contributed by atoms with E-state index in [9.17, 15) is 15.0 Å².